The first-order valence-corrected chi connectivity index (χ1v) is 6.38. The first kappa shape index (κ1) is 13.5. The number of hydrogen-bond donors (Lipinski definition) is 0. The van der Waals surface area contributed by atoms with Gasteiger partial charge in [-0.3, -0.25) is 9.36 Å². The summed E-state index contributed by atoms with van der Waals surface area (Å²) in [7, 11) is 0. The van der Waals surface area contributed by atoms with Gasteiger partial charge in [0.05, 0.1) is 12.9 Å². The molecule has 3 nitrogen and oxygen atoms in total. The predicted molar refractivity (Wildman–Crippen MR) is 71.7 cm³/mol. The van der Waals surface area contributed by atoms with Gasteiger partial charge in [-0.15, -0.1) is 0 Å². The van der Waals surface area contributed by atoms with Gasteiger partial charge in [0.2, 0.25) is 0 Å². The Morgan fingerprint density at radius 1 is 1.39 bits per heavy atom. The predicted octanol–water partition coefficient (Wildman–Crippen LogP) is 3.50. The van der Waals surface area contributed by atoms with Crippen LogP contribution in [0.4, 0.5) is 4.39 Å². The fourth-order valence-corrected chi connectivity index (χ4v) is 2.09. The Balaban J connectivity index is 2.44. The fraction of sp³-hybridized carbons (Fsp3) is 0.0909. The Kier molecular flexibility index (Phi) is 4.04. The lowest BCUT2D eigenvalue weighted by Crippen LogP contribution is -2.22. The molecular weight excluding hydrogens is 346 g/mol. The van der Waals surface area contributed by atoms with Crippen LogP contribution in [0.2, 0.25) is 10.2 Å². The zero-order valence-corrected chi connectivity index (χ0v) is 11.9. The molecule has 1 heterocycles. The van der Waals surface area contributed by atoms with Crippen molar-refractivity contribution in [2.45, 2.75) is 6.54 Å². The van der Waals surface area contributed by atoms with E-state index in [0.29, 0.717) is 5.56 Å². The van der Waals surface area contributed by atoms with Crippen molar-refractivity contribution in [3.63, 3.8) is 0 Å². The van der Waals surface area contributed by atoms with E-state index in [1.165, 1.54) is 17.0 Å². The summed E-state index contributed by atoms with van der Waals surface area (Å²) >= 11 is 14.5. The molecule has 0 atom stereocenters. The van der Waals surface area contributed by atoms with Crippen LogP contribution in [0.25, 0.3) is 0 Å². The van der Waals surface area contributed by atoms with Crippen LogP contribution < -0.4 is 5.56 Å². The lowest BCUT2D eigenvalue weighted by molar-refractivity contribution is 0.594. The van der Waals surface area contributed by atoms with Crippen molar-refractivity contribution in [3.8, 4) is 0 Å². The van der Waals surface area contributed by atoms with Crippen molar-refractivity contribution in [1.29, 1.82) is 0 Å². The lowest BCUT2D eigenvalue weighted by Gasteiger charge is -2.07. The molecule has 0 spiro atoms. The van der Waals surface area contributed by atoms with Gasteiger partial charge < -0.3 is 0 Å². The van der Waals surface area contributed by atoms with Gasteiger partial charge in [-0.05, 0) is 18.2 Å². The summed E-state index contributed by atoms with van der Waals surface area (Å²) in [4.78, 5) is 15.5. The maximum absolute atomic E-state index is 13.6. The van der Waals surface area contributed by atoms with E-state index in [9.17, 15) is 9.18 Å². The van der Waals surface area contributed by atoms with Crippen LogP contribution in [0.15, 0.2) is 33.8 Å². The molecule has 0 aliphatic heterocycles. The normalized spacial score (nSPS) is 10.7. The molecule has 0 saturated carbocycles. The molecule has 0 amide bonds. The van der Waals surface area contributed by atoms with Gasteiger partial charge in [0.15, 0.2) is 5.15 Å². The molecule has 94 valence electrons. The van der Waals surface area contributed by atoms with E-state index < -0.39 is 11.4 Å². The minimum atomic E-state index is -0.504. The molecule has 1 aromatic heterocycles. The third-order valence-corrected chi connectivity index (χ3v) is 3.51. The molecule has 18 heavy (non-hydrogen) atoms. The molecule has 0 aliphatic rings. The highest BCUT2D eigenvalue weighted by molar-refractivity contribution is 9.10. The van der Waals surface area contributed by atoms with Gasteiger partial charge in [-0.25, -0.2) is 9.37 Å². The minimum absolute atomic E-state index is 0.0357. The lowest BCUT2D eigenvalue weighted by atomic mass is 10.2. The van der Waals surface area contributed by atoms with Crippen LogP contribution >= 0.6 is 39.1 Å². The standard InChI is InChI=1S/C11H6BrCl2FN2O/c12-7-1-2-8(15)6(3-7)4-17-5-16-10(14)9(13)11(17)18/h1-3,5H,4H2. The first-order chi connectivity index (χ1) is 8.49. The Morgan fingerprint density at radius 2 is 2.11 bits per heavy atom. The van der Waals surface area contributed by atoms with Crippen molar-refractivity contribution >= 4 is 39.1 Å². The summed E-state index contributed by atoms with van der Waals surface area (Å²) in [6.07, 6.45) is 1.23. The van der Waals surface area contributed by atoms with E-state index >= 15 is 0 Å². The molecule has 0 saturated heterocycles. The third-order valence-electron chi connectivity index (χ3n) is 2.29. The van der Waals surface area contributed by atoms with Gasteiger partial charge >= 0.3 is 0 Å². The molecule has 2 aromatic rings. The average molecular weight is 352 g/mol. The Hall–Kier alpha value is -0.910. The topological polar surface area (TPSA) is 34.9 Å². The third kappa shape index (κ3) is 2.74. The average Bonchev–Trinajstić information content (AvgIpc) is 2.34. The zero-order chi connectivity index (χ0) is 13.3. The van der Waals surface area contributed by atoms with Crippen LogP contribution in [-0.4, -0.2) is 9.55 Å². The summed E-state index contributed by atoms with van der Waals surface area (Å²) in [5, 5.41) is -0.234. The second-order valence-corrected chi connectivity index (χ2v) is 5.17. The fourth-order valence-electron chi connectivity index (χ4n) is 1.40. The van der Waals surface area contributed by atoms with Crippen LogP contribution in [0, 0.1) is 5.82 Å². The van der Waals surface area contributed by atoms with E-state index in [1.54, 1.807) is 12.1 Å². The van der Waals surface area contributed by atoms with Crippen molar-refractivity contribution in [3.05, 3.63) is 60.9 Å². The van der Waals surface area contributed by atoms with Crippen molar-refractivity contribution in [1.82, 2.24) is 9.55 Å². The minimum Gasteiger partial charge on any atom is -0.293 e. The van der Waals surface area contributed by atoms with Gasteiger partial charge in [0, 0.05) is 10.0 Å². The van der Waals surface area contributed by atoms with Gasteiger partial charge in [-0.2, -0.15) is 0 Å². The number of benzene rings is 1. The molecule has 2 rings (SSSR count). The molecule has 1 aromatic carbocycles. The quantitative estimate of drug-likeness (QED) is 0.776. The van der Waals surface area contributed by atoms with Crippen LogP contribution in [-0.2, 0) is 6.54 Å². The highest BCUT2D eigenvalue weighted by atomic mass is 79.9. The smallest absolute Gasteiger partial charge is 0.273 e. The second-order valence-electron chi connectivity index (χ2n) is 3.52. The second kappa shape index (κ2) is 5.38. The van der Waals surface area contributed by atoms with Crippen LogP contribution in [0.5, 0.6) is 0 Å². The Morgan fingerprint density at radius 3 is 2.83 bits per heavy atom. The maximum atomic E-state index is 13.6. The van der Waals surface area contributed by atoms with E-state index in [0.717, 1.165) is 4.47 Å². The summed E-state index contributed by atoms with van der Waals surface area (Å²) in [6.45, 7) is 0.0357. The number of aromatic nitrogens is 2. The van der Waals surface area contributed by atoms with E-state index in [-0.39, 0.29) is 16.7 Å². The van der Waals surface area contributed by atoms with Crippen molar-refractivity contribution in [2.75, 3.05) is 0 Å². The molecule has 7 heteroatoms. The number of halogens is 4. The van der Waals surface area contributed by atoms with Gasteiger partial charge in [-0.1, -0.05) is 39.1 Å². The highest BCUT2D eigenvalue weighted by Gasteiger charge is 2.10. The van der Waals surface area contributed by atoms with Gasteiger partial charge in [0.1, 0.15) is 10.8 Å². The highest BCUT2D eigenvalue weighted by Crippen LogP contribution is 2.17. The zero-order valence-electron chi connectivity index (χ0n) is 8.83. The Bertz CT molecular complexity index is 660. The molecular formula is C11H6BrCl2FN2O. The van der Waals surface area contributed by atoms with Crippen LogP contribution in [0.3, 0.4) is 0 Å². The molecule has 0 fully saturated rings. The molecule has 0 unspecified atom stereocenters. The molecule has 0 radical (unpaired) electrons. The molecule has 0 bridgehead atoms. The van der Waals surface area contributed by atoms with Crippen LogP contribution in [0.1, 0.15) is 5.56 Å². The summed E-state index contributed by atoms with van der Waals surface area (Å²) in [6, 6.07) is 4.48. The number of hydrogen-bond acceptors (Lipinski definition) is 2. The monoisotopic (exact) mass is 350 g/mol. The SMILES string of the molecule is O=c1c(Cl)c(Cl)ncn1Cc1cc(Br)ccc1F. The number of rotatable bonds is 2. The molecule has 0 aliphatic carbocycles. The van der Waals surface area contributed by atoms with Crippen molar-refractivity contribution in [2.24, 2.45) is 0 Å². The van der Waals surface area contributed by atoms with E-state index in [1.807, 2.05) is 0 Å². The largest absolute Gasteiger partial charge is 0.293 e. The van der Waals surface area contributed by atoms with E-state index in [4.69, 9.17) is 23.2 Å². The molecule has 0 N–H and O–H groups in total. The summed E-state index contributed by atoms with van der Waals surface area (Å²) in [5.74, 6) is -0.406. The van der Waals surface area contributed by atoms with Crippen molar-refractivity contribution < 1.29 is 4.39 Å². The van der Waals surface area contributed by atoms with E-state index in [2.05, 4.69) is 20.9 Å². The first-order valence-electron chi connectivity index (χ1n) is 4.83. The summed E-state index contributed by atoms with van der Waals surface area (Å²) in [5.41, 5.74) is -0.150. The van der Waals surface area contributed by atoms with Gasteiger partial charge in [0.25, 0.3) is 5.56 Å². The number of nitrogens with zero attached hydrogens (tertiary/aromatic N) is 2. The summed E-state index contributed by atoms with van der Waals surface area (Å²) < 4.78 is 15.5. The maximum Gasteiger partial charge on any atom is 0.273 e. The Labute approximate surface area is 120 Å².